The normalized spacial score (nSPS) is 10.8. The Hall–Kier alpha value is -2.69. The van der Waals surface area contributed by atoms with E-state index in [9.17, 15) is 4.79 Å². The van der Waals surface area contributed by atoms with Gasteiger partial charge in [-0.2, -0.15) is 0 Å². The van der Waals surface area contributed by atoms with Gasteiger partial charge in [0.25, 0.3) is 0 Å². The summed E-state index contributed by atoms with van der Waals surface area (Å²) in [6.45, 7) is 1.78. The third-order valence-electron chi connectivity index (χ3n) is 3.05. The molecule has 20 heavy (non-hydrogen) atoms. The Kier molecular flexibility index (Phi) is 2.95. The Labute approximate surface area is 115 Å². The van der Waals surface area contributed by atoms with Gasteiger partial charge in [-0.3, -0.25) is 9.36 Å². The van der Waals surface area contributed by atoms with Crippen molar-refractivity contribution in [3.05, 3.63) is 48.2 Å². The molecule has 1 aromatic carbocycles. The molecular formula is C15H13N3O2. The minimum absolute atomic E-state index is 0.156. The number of hydrogen-bond acceptors (Lipinski definition) is 3. The van der Waals surface area contributed by atoms with Gasteiger partial charge in [-0.1, -0.05) is 30.3 Å². The SMILES string of the molecule is Cc1cnc2c(c1)nc(-c1ccccc1)n2CC(=O)O. The quantitative estimate of drug-likeness (QED) is 0.791. The zero-order chi connectivity index (χ0) is 14.1. The first-order valence-electron chi connectivity index (χ1n) is 6.25. The molecule has 3 rings (SSSR count). The molecule has 0 saturated carbocycles. The summed E-state index contributed by atoms with van der Waals surface area (Å²) in [7, 11) is 0. The van der Waals surface area contributed by atoms with Crippen LogP contribution >= 0.6 is 0 Å². The second kappa shape index (κ2) is 4.77. The Bertz CT molecular complexity index is 778. The molecule has 0 radical (unpaired) electrons. The third-order valence-corrected chi connectivity index (χ3v) is 3.05. The van der Waals surface area contributed by atoms with Gasteiger partial charge < -0.3 is 5.11 Å². The molecule has 1 N–H and O–H groups in total. The van der Waals surface area contributed by atoms with Crippen molar-refractivity contribution in [1.82, 2.24) is 14.5 Å². The number of benzene rings is 1. The van der Waals surface area contributed by atoms with E-state index in [1.807, 2.05) is 43.3 Å². The van der Waals surface area contributed by atoms with Crippen LogP contribution in [0.25, 0.3) is 22.6 Å². The first kappa shape index (κ1) is 12.3. The van der Waals surface area contributed by atoms with Gasteiger partial charge >= 0.3 is 5.97 Å². The number of hydrogen-bond donors (Lipinski definition) is 1. The van der Waals surface area contributed by atoms with Crippen LogP contribution in [0.15, 0.2) is 42.6 Å². The van der Waals surface area contributed by atoms with Crippen molar-refractivity contribution in [3.63, 3.8) is 0 Å². The molecular weight excluding hydrogens is 254 g/mol. The van der Waals surface area contributed by atoms with Crippen LogP contribution in [0.5, 0.6) is 0 Å². The summed E-state index contributed by atoms with van der Waals surface area (Å²) in [5, 5.41) is 9.09. The second-order valence-electron chi connectivity index (χ2n) is 4.64. The second-order valence-corrected chi connectivity index (χ2v) is 4.64. The lowest BCUT2D eigenvalue weighted by Gasteiger charge is -2.05. The number of nitrogens with zero attached hydrogens (tertiary/aromatic N) is 3. The minimum Gasteiger partial charge on any atom is -0.480 e. The zero-order valence-corrected chi connectivity index (χ0v) is 10.9. The number of aryl methyl sites for hydroxylation is 1. The molecule has 5 heteroatoms. The van der Waals surface area contributed by atoms with Gasteiger partial charge in [0.1, 0.15) is 17.9 Å². The largest absolute Gasteiger partial charge is 0.480 e. The van der Waals surface area contributed by atoms with Crippen LogP contribution in [0.1, 0.15) is 5.56 Å². The number of aliphatic carboxylic acids is 1. The number of pyridine rings is 1. The van der Waals surface area contributed by atoms with Crippen LogP contribution in [-0.4, -0.2) is 25.6 Å². The van der Waals surface area contributed by atoms with Gasteiger partial charge in [-0.05, 0) is 18.6 Å². The van der Waals surface area contributed by atoms with Crippen LogP contribution in [0, 0.1) is 6.92 Å². The molecule has 0 amide bonds. The van der Waals surface area contributed by atoms with Crippen LogP contribution < -0.4 is 0 Å². The highest BCUT2D eigenvalue weighted by Crippen LogP contribution is 2.23. The molecule has 0 spiro atoms. The standard InChI is InChI=1S/C15H13N3O2/c1-10-7-12-15(16-8-10)18(9-13(19)20)14(17-12)11-5-3-2-4-6-11/h2-8H,9H2,1H3,(H,19,20). The van der Waals surface area contributed by atoms with Crippen molar-refractivity contribution in [3.8, 4) is 11.4 Å². The predicted octanol–water partition coefficient (Wildman–Crippen LogP) is 2.49. The molecule has 100 valence electrons. The number of imidazole rings is 1. The Morgan fingerprint density at radius 2 is 2.05 bits per heavy atom. The van der Waals surface area contributed by atoms with E-state index in [1.54, 1.807) is 10.8 Å². The molecule has 0 unspecified atom stereocenters. The molecule has 2 aromatic heterocycles. The molecule has 0 aliphatic carbocycles. The lowest BCUT2D eigenvalue weighted by atomic mass is 10.2. The van der Waals surface area contributed by atoms with E-state index in [2.05, 4.69) is 9.97 Å². The van der Waals surface area contributed by atoms with Gasteiger partial charge in [0.15, 0.2) is 5.65 Å². The highest BCUT2D eigenvalue weighted by atomic mass is 16.4. The zero-order valence-electron chi connectivity index (χ0n) is 10.9. The van der Waals surface area contributed by atoms with Crippen molar-refractivity contribution < 1.29 is 9.90 Å². The van der Waals surface area contributed by atoms with Gasteiger partial charge in [0.2, 0.25) is 0 Å². The highest BCUT2D eigenvalue weighted by molar-refractivity contribution is 5.80. The van der Waals surface area contributed by atoms with Crippen molar-refractivity contribution >= 4 is 17.1 Å². The van der Waals surface area contributed by atoms with Crippen LogP contribution in [0.3, 0.4) is 0 Å². The van der Waals surface area contributed by atoms with E-state index in [4.69, 9.17) is 5.11 Å². The summed E-state index contributed by atoms with van der Waals surface area (Å²) < 4.78 is 1.63. The van der Waals surface area contributed by atoms with Gasteiger partial charge in [-0.15, -0.1) is 0 Å². The van der Waals surface area contributed by atoms with E-state index >= 15 is 0 Å². The molecule has 3 aromatic rings. The number of rotatable bonds is 3. The Morgan fingerprint density at radius 1 is 1.30 bits per heavy atom. The fourth-order valence-electron chi connectivity index (χ4n) is 2.20. The van der Waals surface area contributed by atoms with Gasteiger partial charge in [0, 0.05) is 11.8 Å². The van der Waals surface area contributed by atoms with Crippen molar-refractivity contribution in [1.29, 1.82) is 0 Å². The maximum Gasteiger partial charge on any atom is 0.323 e. The fraction of sp³-hybridized carbons (Fsp3) is 0.133. The average Bonchev–Trinajstić information content (AvgIpc) is 2.77. The molecule has 0 aliphatic rings. The molecule has 0 fully saturated rings. The molecule has 0 atom stereocenters. The number of carbonyl (C=O) groups is 1. The Balaban J connectivity index is 2.27. The monoisotopic (exact) mass is 267 g/mol. The summed E-state index contributed by atoms with van der Waals surface area (Å²) in [5.41, 5.74) is 3.18. The third kappa shape index (κ3) is 2.14. The van der Waals surface area contributed by atoms with Gasteiger partial charge in [-0.25, -0.2) is 9.97 Å². The van der Waals surface area contributed by atoms with E-state index < -0.39 is 5.97 Å². The molecule has 0 aliphatic heterocycles. The summed E-state index contributed by atoms with van der Waals surface area (Å²) in [5.74, 6) is -0.287. The average molecular weight is 267 g/mol. The first-order chi connectivity index (χ1) is 9.65. The number of carboxylic acids is 1. The van der Waals surface area contributed by atoms with Crippen LogP contribution in [-0.2, 0) is 11.3 Å². The topological polar surface area (TPSA) is 68.0 Å². The van der Waals surface area contributed by atoms with Crippen LogP contribution in [0.4, 0.5) is 0 Å². The van der Waals surface area contributed by atoms with E-state index in [0.29, 0.717) is 17.0 Å². The predicted molar refractivity (Wildman–Crippen MR) is 75.3 cm³/mol. The Morgan fingerprint density at radius 3 is 2.75 bits per heavy atom. The summed E-state index contributed by atoms with van der Waals surface area (Å²) in [6, 6.07) is 11.4. The minimum atomic E-state index is -0.913. The lowest BCUT2D eigenvalue weighted by Crippen LogP contribution is -2.10. The van der Waals surface area contributed by atoms with E-state index in [1.165, 1.54) is 0 Å². The van der Waals surface area contributed by atoms with E-state index in [0.717, 1.165) is 11.1 Å². The maximum absolute atomic E-state index is 11.1. The van der Waals surface area contributed by atoms with Crippen LogP contribution in [0.2, 0.25) is 0 Å². The highest BCUT2D eigenvalue weighted by Gasteiger charge is 2.15. The fourth-order valence-corrected chi connectivity index (χ4v) is 2.20. The maximum atomic E-state index is 11.1. The number of aromatic nitrogens is 3. The molecule has 0 bridgehead atoms. The van der Waals surface area contributed by atoms with Crippen molar-refractivity contribution in [2.45, 2.75) is 13.5 Å². The van der Waals surface area contributed by atoms with Crippen molar-refractivity contribution in [2.75, 3.05) is 0 Å². The summed E-state index contributed by atoms with van der Waals surface area (Å²) in [6.07, 6.45) is 1.72. The summed E-state index contributed by atoms with van der Waals surface area (Å²) >= 11 is 0. The lowest BCUT2D eigenvalue weighted by molar-refractivity contribution is -0.137. The summed E-state index contributed by atoms with van der Waals surface area (Å²) in [4.78, 5) is 19.9. The molecule has 2 heterocycles. The number of carboxylic acid groups (broad SMARTS) is 1. The molecule has 5 nitrogen and oxygen atoms in total. The van der Waals surface area contributed by atoms with E-state index in [-0.39, 0.29) is 6.54 Å². The molecule has 0 saturated heterocycles. The smallest absolute Gasteiger partial charge is 0.323 e. The van der Waals surface area contributed by atoms with Crippen molar-refractivity contribution in [2.24, 2.45) is 0 Å². The first-order valence-corrected chi connectivity index (χ1v) is 6.25. The number of fused-ring (bicyclic) bond motifs is 1. The van der Waals surface area contributed by atoms with Gasteiger partial charge in [0.05, 0.1) is 0 Å².